The van der Waals surface area contributed by atoms with Gasteiger partial charge in [-0.3, -0.25) is 9.59 Å². The third-order valence-corrected chi connectivity index (χ3v) is 6.22. The Balaban J connectivity index is 5.79. The summed E-state index contributed by atoms with van der Waals surface area (Å²) in [4.78, 5) is 26.0. The van der Waals surface area contributed by atoms with E-state index in [2.05, 4.69) is 55.4 Å². The fourth-order valence-corrected chi connectivity index (χ4v) is 5.16. The number of hydrogen-bond acceptors (Lipinski definition) is 4. The van der Waals surface area contributed by atoms with Gasteiger partial charge in [0.15, 0.2) is 0 Å². The van der Waals surface area contributed by atoms with Gasteiger partial charge in [0.1, 0.15) is 5.60 Å². The fourth-order valence-electron chi connectivity index (χ4n) is 5.16. The molecule has 0 aromatic carbocycles. The maximum Gasteiger partial charge on any atom is 0.312 e. The lowest BCUT2D eigenvalue weighted by Crippen LogP contribution is -2.47. The molecule has 0 spiro atoms. The van der Waals surface area contributed by atoms with Gasteiger partial charge in [0, 0.05) is 5.92 Å². The van der Waals surface area contributed by atoms with Crippen LogP contribution in [0.25, 0.3) is 0 Å². The lowest BCUT2D eigenvalue weighted by atomic mass is 9.70. The summed E-state index contributed by atoms with van der Waals surface area (Å²) in [6.45, 7) is 21.2. The summed E-state index contributed by atoms with van der Waals surface area (Å²) >= 11 is 0. The molecule has 0 aliphatic carbocycles. The van der Waals surface area contributed by atoms with Crippen LogP contribution in [0.3, 0.4) is 0 Å². The van der Waals surface area contributed by atoms with Gasteiger partial charge < -0.3 is 9.47 Å². The summed E-state index contributed by atoms with van der Waals surface area (Å²) in [6.07, 6.45) is 2.84. The minimum absolute atomic E-state index is 0.0885. The Morgan fingerprint density at radius 3 is 1.64 bits per heavy atom. The van der Waals surface area contributed by atoms with Crippen molar-refractivity contribution < 1.29 is 19.1 Å². The van der Waals surface area contributed by atoms with E-state index in [9.17, 15) is 9.59 Å². The zero-order valence-electron chi connectivity index (χ0n) is 20.2. The zero-order chi connectivity index (χ0) is 22.1. The Kier molecular flexibility index (Phi) is 11.4. The minimum Gasteiger partial charge on any atom is -0.466 e. The van der Waals surface area contributed by atoms with Crippen LogP contribution in [0.4, 0.5) is 0 Å². The molecule has 0 bridgehead atoms. The van der Waals surface area contributed by atoms with E-state index >= 15 is 0 Å². The van der Waals surface area contributed by atoms with Crippen LogP contribution in [0.1, 0.15) is 101 Å². The van der Waals surface area contributed by atoms with Crippen LogP contribution in [-0.2, 0) is 19.1 Å². The molecule has 0 radical (unpaired) electrons. The molecule has 0 heterocycles. The monoisotopic (exact) mass is 398 g/mol. The molecular formula is C24H46O4. The average molecular weight is 399 g/mol. The van der Waals surface area contributed by atoms with Gasteiger partial charge in [0.05, 0.1) is 18.4 Å². The first-order valence-electron chi connectivity index (χ1n) is 11.3. The summed E-state index contributed by atoms with van der Waals surface area (Å²) < 4.78 is 11.6. The van der Waals surface area contributed by atoms with Crippen molar-refractivity contribution in [2.75, 3.05) is 6.61 Å². The van der Waals surface area contributed by atoms with Crippen molar-refractivity contribution in [3.05, 3.63) is 0 Å². The van der Waals surface area contributed by atoms with Crippen molar-refractivity contribution in [2.45, 2.75) is 107 Å². The SMILES string of the molecule is CCOC(=O)C(CC)(CC(=O)OC(CC)(CC)C(C(C)C)C(C)C)CC(C)C. The molecule has 28 heavy (non-hydrogen) atoms. The van der Waals surface area contributed by atoms with E-state index in [0.29, 0.717) is 37.2 Å². The Bertz CT molecular complexity index is 469. The normalized spacial score (nSPS) is 14.6. The number of rotatable bonds is 13. The van der Waals surface area contributed by atoms with Gasteiger partial charge in [0.25, 0.3) is 0 Å². The first kappa shape index (κ1) is 26.9. The molecule has 0 aliphatic rings. The third kappa shape index (κ3) is 6.77. The van der Waals surface area contributed by atoms with E-state index in [-0.39, 0.29) is 24.3 Å². The van der Waals surface area contributed by atoms with Gasteiger partial charge >= 0.3 is 11.9 Å². The molecule has 0 aliphatic heterocycles. The van der Waals surface area contributed by atoms with Crippen LogP contribution >= 0.6 is 0 Å². The lowest BCUT2D eigenvalue weighted by Gasteiger charge is -2.44. The number of hydrogen-bond donors (Lipinski definition) is 0. The molecule has 1 atom stereocenters. The zero-order valence-corrected chi connectivity index (χ0v) is 20.2. The molecule has 4 nitrogen and oxygen atoms in total. The topological polar surface area (TPSA) is 52.6 Å². The smallest absolute Gasteiger partial charge is 0.312 e. The average Bonchev–Trinajstić information content (AvgIpc) is 2.59. The Labute approximate surface area is 174 Å². The fraction of sp³-hybridized carbons (Fsp3) is 0.917. The van der Waals surface area contributed by atoms with E-state index in [0.717, 1.165) is 12.8 Å². The van der Waals surface area contributed by atoms with Gasteiger partial charge in [-0.1, -0.05) is 62.3 Å². The summed E-state index contributed by atoms with van der Waals surface area (Å²) in [5, 5.41) is 0. The predicted octanol–water partition coefficient (Wildman–Crippen LogP) is 6.41. The largest absolute Gasteiger partial charge is 0.466 e. The second-order valence-corrected chi connectivity index (χ2v) is 9.39. The Morgan fingerprint density at radius 1 is 0.821 bits per heavy atom. The van der Waals surface area contributed by atoms with Crippen molar-refractivity contribution in [1.82, 2.24) is 0 Å². The summed E-state index contributed by atoms with van der Waals surface area (Å²) in [7, 11) is 0. The van der Waals surface area contributed by atoms with Gasteiger partial charge in [0.2, 0.25) is 0 Å². The van der Waals surface area contributed by atoms with Crippen LogP contribution in [0.15, 0.2) is 0 Å². The number of esters is 2. The molecule has 0 rings (SSSR count). The molecule has 0 aromatic heterocycles. The quantitative estimate of drug-likeness (QED) is 0.336. The van der Waals surface area contributed by atoms with Crippen LogP contribution in [-0.4, -0.2) is 24.1 Å². The first-order chi connectivity index (χ1) is 12.9. The number of carbonyl (C=O) groups excluding carboxylic acids is 2. The highest BCUT2D eigenvalue weighted by Crippen LogP contribution is 2.42. The van der Waals surface area contributed by atoms with Gasteiger partial charge in [-0.2, -0.15) is 0 Å². The van der Waals surface area contributed by atoms with Crippen molar-refractivity contribution in [1.29, 1.82) is 0 Å². The van der Waals surface area contributed by atoms with E-state index in [1.807, 2.05) is 6.92 Å². The summed E-state index contributed by atoms with van der Waals surface area (Å²) in [6, 6.07) is 0. The van der Waals surface area contributed by atoms with Gasteiger partial charge in [-0.15, -0.1) is 0 Å². The van der Waals surface area contributed by atoms with Crippen molar-refractivity contribution in [3.8, 4) is 0 Å². The van der Waals surface area contributed by atoms with E-state index in [1.54, 1.807) is 6.92 Å². The van der Waals surface area contributed by atoms with Crippen LogP contribution in [0, 0.1) is 29.1 Å². The van der Waals surface area contributed by atoms with Crippen molar-refractivity contribution in [3.63, 3.8) is 0 Å². The van der Waals surface area contributed by atoms with E-state index in [4.69, 9.17) is 9.47 Å². The molecule has 0 saturated carbocycles. The first-order valence-corrected chi connectivity index (χ1v) is 11.3. The number of carbonyl (C=O) groups is 2. The van der Waals surface area contributed by atoms with Crippen LogP contribution in [0.5, 0.6) is 0 Å². The molecule has 1 unspecified atom stereocenters. The molecule has 0 amide bonds. The molecule has 0 aromatic rings. The predicted molar refractivity (Wildman–Crippen MR) is 116 cm³/mol. The molecule has 0 N–H and O–H groups in total. The molecule has 0 saturated heterocycles. The van der Waals surface area contributed by atoms with Crippen molar-refractivity contribution >= 4 is 11.9 Å². The van der Waals surface area contributed by atoms with Crippen molar-refractivity contribution in [2.24, 2.45) is 29.1 Å². The third-order valence-electron chi connectivity index (χ3n) is 6.22. The van der Waals surface area contributed by atoms with Crippen LogP contribution < -0.4 is 0 Å². The molecule has 4 heteroatoms. The maximum absolute atomic E-state index is 13.2. The van der Waals surface area contributed by atoms with E-state index in [1.165, 1.54) is 0 Å². The minimum atomic E-state index is -0.806. The highest BCUT2D eigenvalue weighted by Gasteiger charge is 2.46. The van der Waals surface area contributed by atoms with E-state index < -0.39 is 11.0 Å². The van der Waals surface area contributed by atoms with Gasteiger partial charge in [-0.25, -0.2) is 0 Å². The van der Waals surface area contributed by atoms with Crippen LogP contribution in [0.2, 0.25) is 0 Å². The summed E-state index contributed by atoms with van der Waals surface area (Å²) in [5.74, 6) is 0.832. The number of ether oxygens (including phenoxy) is 2. The lowest BCUT2D eigenvalue weighted by molar-refractivity contribution is -0.181. The second kappa shape index (κ2) is 11.8. The maximum atomic E-state index is 13.2. The Morgan fingerprint density at radius 2 is 1.32 bits per heavy atom. The highest BCUT2D eigenvalue weighted by molar-refractivity contribution is 5.83. The molecule has 166 valence electrons. The standard InChI is InChI=1S/C24H46O4/c1-11-23(15-17(5)6,22(26)27-14-4)16-20(25)28-24(12-2,13-3)21(18(7)8)19(9)10/h17-19,21H,11-16H2,1-10H3. The molecular weight excluding hydrogens is 352 g/mol. The van der Waals surface area contributed by atoms with Gasteiger partial charge in [-0.05, 0) is 50.4 Å². The second-order valence-electron chi connectivity index (χ2n) is 9.39. The summed E-state index contributed by atoms with van der Waals surface area (Å²) in [5.41, 5.74) is -1.30. The molecule has 0 fully saturated rings. The Hall–Kier alpha value is -1.06. The highest BCUT2D eigenvalue weighted by atomic mass is 16.6.